The zero-order valence-corrected chi connectivity index (χ0v) is 11.6. The number of rotatable bonds is 6. The third kappa shape index (κ3) is 4.55. The zero-order valence-electron chi connectivity index (χ0n) is 10.8. The first kappa shape index (κ1) is 13.9. The number of hydrogen-bond acceptors (Lipinski definition) is 5. The Kier molecular flexibility index (Phi) is 4.79. The van der Waals surface area contributed by atoms with Crippen LogP contribution in [0.5, 0.6) is 5.75 Å². The highest BCUT2D eigenvalue weighted by Crippen LogP contribution is 2.20. The SMILES string of the molecule is CC(C)CSc1nnc(COc2ccc(F)cc2)o1. The van der Waals surface area contributed by atoms with Gasteiger partial charge in [0.1, 0.15) is 11.6 Å². The van der Waals surface area contributed by atoms with Crippen LogP contribution in [-0.2, 0) is 6.61 Å². The summed E-state index contributed by atoms with van der Waals surface area (Å²) in [6, 6.07) is 5.79. The van der Waals surface area contributed by atoms with Gasteiger partial charge in [-0.25, -0.2) is 4.39 Å². The normalized spacial score (nSPS) is 10.9. The van der Waals surface area contributed by atoms with Crippen molar-refractivity contribution in [2.75, 3.05) is 5.75 Å². The van der Waals surface area contributed by atoms with Gasteiger partial charge < -0.3 is 9.15 Å². The van der Waals surface area contributed by atoms with Gasteiger partial charge in [-0.1, -0.05) is 25.6 Å². The minimum atomic E-state index is -0.294. The summed E-state index contributed by atoms with van der Waals surface area (Å²) < 4.78 is 23.5. The fourth-order valence-corrected chi connectivity index (χ4v) is 2.00. The molecule has 2 rings (SSSR count). The third-order valence-electron chi connectivity index (χ3n) is 2.16. The third-order valence-corrected chi connectivity index (χ3v) is 3.41. The summed E-state index contributed by atoms with van der Waals surface area (Å²) >= 11 is 1.53. The molecule has 1 aromatic heterocycles. The van der Waals surface area contributed by atoms with Crippen LogP contribution in [0.1, 0.15) is 19.7 Å². The van der Waals surface area contributed by atoms with E-state index in [4.69, 9.17) is 9.15 Å². The summed E-state index contributed by atoms with van der Waals surface area (Å²) in [4.78, 5) is 0. The maximum atomic E-state index is 12.7. The molecule has 19 heavy (non-hydrogen) atoms. The van der Waals surface area contributed by atoms with Crippen LogP contribution in [0.2, 0.25) is 0 Å². The molecule has 0 radical (unpaired) electrons. The van der Waals surface area contributed by atoms with E-state index in [9.17, 15) is 4.39 Å². The standard InChI is InChI=1S/C13H15FN2O2S/c1-9(2)8-19-13-16-15-12(18-13)7-17-11-5-3-10(14)4-6-11/h3-6,9H,7-8H2,1-2H3. The van der Waals surface area contributed by atoms with Gasteiger partial charge in [0.05, 0.1) is 0 Å². The predicted octanol–water partition coefficient (Wildman–Crippen LogP) is 3.54. The monoisotopic (exact) mass is 282 g/mol. The molecule has 1 heterocycles. The van der Waals surface area contributed by atoms with Gasteiger partial charge in [-0.05, 0) is 30.2 Å². The molecule has 102 valence electrons. The Bertz CT molecular complexity index is 514. The van der Waals surface area contributed by atoms with Crippen LogP contribution in [0.25, 0.3) is 0 Å². The quantitative estimate of drug-likeness (QED) is 0.758. The van der Waals surface area contributed by atoms with Crippen LogP contribution in [0.3, 0.4) is 0 Å². The summed E-state index contributed by atoms with van der Waals surface area (Å²) in [5.41, 5.74) is 0. The zero-order chi connectivity index (χ0) is 13.7. The minimum Gasteiger partial charge on any atom is -0.484 e. The largest absolute Gasteiger partial charge is 0.484 e. The number of aromatic nitrogens is 2. The molecule has 2 aromatic rings. The fourth-order valence-electron chi connectivity index (χ4n) is 1.27. The maximum Gasteiger partial charge on any atom is 0.276 e. The predicted molar refractivity (Wildman–Crippen MR) is 70.6 cm³/mol. The number of ether oxygens (including phenoxy) is 1. The second-order valence-electron chi connectivity index (χ2n) is 4.41. The first-order valence-corrected chi connectivity index (χ1v) is 6.95. The summed E-state index contributed by atoms with van der Waals surface area (Å²) in [5.74, 6) is 2.18. The number of halogens is 1. The average molecular weight is 282 g/mol. The molecule has 0 fully saturated rings. The van der Waals surface area contributed by atoms with Gasteiger partial charge >= 0.3 is 0 Å². The molecule has 0 atom stereocenters. The first-order valence-electron chi connectivity index (χ1n) is 5.97. The second-order valence-corrected chi connectivity index (χ2v) is 5.38. The van der Waals surface area contributed by atoms with Crippen molar-refractivity contribution in [2.45, 2.75) is 25.7 Å². The lowest BCUT2D eigenvalue weighted by Gasteiger charge is -2.02. The summed E-state index contributed by atoms with van der Waals surface area (Å²) in [5, 5.41) is 8.36. The topological polar surface area (TPSA) is 48.2 Å². The van der Waals surface area contributed by atoms with Crippen molar-refractivity contribution in [3.05, 3.63) is 36.0 Å². The van der Waals surface area contributed by atoms with E-state index >= 15 is 0 Å². The number of hydrogen-bond donors (Lipinski definition) is 0. The Morgan fingerprint density at radius 3 is 2.68 bits per heavy atom. The van der Waals surface area contributed by atoms with E-state index in [1.807, 2.05) is 0 Å². The number of nitrogens with zero attached hydrogens (tertiary/aromatic N) is 2. The van der Waals surface area contributed by atoms with E-state index in [2.05, 4.69) is 24.0 Å². The van der Waals surface area contributed by atoms with Crippen molar-refractivity contribution in [2.24, 2.45) is 5.92 Å². The van der Waals surface area contributed by atoms with E-state index in [0.717, 1.165) is 5.75 Å². The lowest BCUT2D eigenvalue weighted by Crippen LogP contribution is -1.95. The van der Waals surface area contributed by atoms with Gasteiger partial charge in [0.15, 0.2) is 6.61 Å². The van der Waals surface area contributed by atoms with E-state index in [1.165, 1.54) is 23.9 Å². The van der Waals surface area contributed by atoms with E-state index in [0.29, 0.717) is 22.8 Å². The number of thioether (sulfide) groups is 1. The van der Waals surface area contributed by atoms with Crippen LogP contribution in [0.15, 0.2) is 33.9 Å². The lowest BCUT2D eigenvalue weighted by molar-refractivity contribution is 0.252. The molecule has 0 bridgehead atoms. The Hall–Kier alpha value is -1.56. The van der Waals surface area contributed by atoms with Gasteiger partial charge in [-0.2, -0.15) is 0 Å². The molecule has 0 amide bonds. The molecule has 0 spiro atoms. The molecule has 1 aromatic carbocycles. The summed E-state index contributed by atoms with van der Waals surface area (Å²) in [6.45, 7) is 4.44. The fraction of sp³-hybridized carbons (Fsp3) is 0.385. The summed E-state index contributed by atoms with van der Waals surface area (Å²) in [7, 11) is 0. The first-order chi connectivity index (χ1) is 9.13. The Morgan fingerprint density at radius 1 is 1.26 bits per heavy atom. The molecule has 0 saturated carbocycles. The smallest absolute Gasteiger partial charge is 0.276 e. The van der Waals surface area contributed by atoms with Crippen molar-refractivity contribution >= 4 is 11.8 Å². The van der Waals surface area contributed by atoms with Crippen LogP contribution in [0, 0.1) is 11.7 Å². The summed E-state index contributed by atoms with van der Waals surface area (Å²) in [6.07, 6.45) is 0. The van der Waals surface area contributed by atoms with Gasteiger partial charge in [0.25, 0.3) is 11.1 Å². The minimum absolute atomic E-state index is 0.181. The second kappa shape index (κ2) is 6.56. The van der Waals surface area contributed by atoms with Crippen LogP contribution in [0.4, 0.5) is 4.39 Å². The number of benzene rings is 1. The van der Waals surface area contributed by atoms with Crippen LogP contribution < -0.4 is 4.74 Å². The Morgan fingerprint density at radius 2 is 2.00 bits per heavy atom. The van der Waals surface area contributed by atoms with Crippen molar-refractivity contribution in [1.82, 2.24) is 10.2 Å². The Balaban J connectivity index is 1.84. The Labute approximate surface area is 115 Å². The lowest BCUT2D eigenvalue weighted by atomic mass is 10.3. The molecule has 0 N–H and O–H groups in total. The molecular weight excluding hydrogens is 267 g/mol. The molecule has 6 heteroatoms. The van der Waals surface area contributed by atoms with Gasteiger partial charge in [-0.3, -0.25) is 0 Å². The molecule has 0 saturated heterocycles. The van der Waals surface area contributed by atoms with E-state index < -0.39 is 0 Å². The van der Waals surface area contributed by atoms with Crippen molar-refractivity contribution in [1.29, 1.82) is 0 Å². The molecular formula is C13H15FN2O2S. The highest BCUT2D eigenvalue weighted by molar-refractivity contribution is 7.99. The van der Waals surface area contributed by atoms with Crippen molar-refractivity contribution in [3.63, 3.8) is 0 Å². The van der Waals surface area contributed by atoms with Crippen LogP contribution >= 0.6 is 11.8 Å². The average Bonchev–Trinajstić information content (AvgIpc) is 2.84. The molecule has 4 nitrogen and oxygen atoms in total. The van der Waals surface area contributed by atoms with E-state index in [-0.39, 0.29) is 12.4 Å². The van der Waals surface area contributed by atoms with Gasteiger partial charge in [0.2, 0.25) is 0 Å². The molecule has 0 aliphatic rings. The maximum absolute atomic E-state index is 12.7. The highest BCUT2D eigenvalue weighted by atomic mass is 32.2. The molecule has 0 aliphatic heterocycles. The highest BCUT2D eigenvalue weighted by Gasteiger charge is 2.08. The van der Waals surface area contributed by atoms with Crippen molar-refractivity contribution < 1.29 is 13.5 Å². The van der Waals surface area contributed by atoms with Crippen LogP contribution in [-0.4, -0.2) is 16.0 Å². The van der Waals surface area contributed by atoms with Gasteiger partial charge in [-0.15, -0.1) is 10.2 Å². The van der Waals surface area contributed by atoms with E-state index in [1.54, 1.807) is 12.1 Å². The molecule has 0 unspecified atom stereocenters. The molecule has 0 aliphatic carbocycles. The van der Waals surface area contributed by atoms with Crippen molar-refractivity contribution in [3.8, 4) is 5.75 Å². The van der Waals surface area contributed by atoms with Gasteiger partial charge in [0, 0.05) is 5.75 Å².